The molecule has 0 heteroatoms. The van der Waals surface area contributed by atoms with Crippen LogP contribution in [0.15, 0.2) is 546 Å². The SMILES string of the molecule is C1=c2ccccc2=CC(c2c3ccccc3c(C3=c4ccccc4=CCC3)c3ccccc23)C1.c1cc(-c2ccc3ccccc3c2)cc(-c2c3ccccc3c(-c3cccc4ccccc34)c3ccccc23)c1.c1ccc(-c2cc(-c3c4ccccc4c(-c4ccccc4)c4ccccc34)c3ccccc3c2)cc1.c1ccc(-c2ccc(-c3c4ccccc4c(-c4ccccc4)c4ccccc34)c3ccccc23)cc1. The summed E-state index contributed by atoms with van der Waals surface area (Å²) in [4.78, 5) is 0. The minimum absolute atomic E-state index is 0.371. The summed E-state index contributed by atoms with van der Waals surface area (Å²) in [6.45, 7) is 0. The number of hydrogen-bond acceptors (Lipinski definition) is 0. The lowest BCUT2D eigenvalue weighted by Crippen LogP contribution is -2.29. The smallest absolute Gasteiger partial charge is 0.00743 e. The van der Waals surface area contributed by atoms with E-state index >= 15 is 0 Å². The Morgan fingerprint density at radius 3 is 1.00 bits per heavy atom. The van der Waals surface area contributed by atoms with Gasteiger partial charge in [-0.05, 0) is 311 Å². The zero-order chi connectivity index (χ0) is 96.7. The highest BCUT2D eigenvalue weighted by Gasteiger charge is 2.27. The van der Waals surface area contributed by atoms with E-state index < -0.39 is 0 Å². The lowest BCUT2D eigenvalue weighted by Gasteiger charge is -2.24. The topological polar surface area (TPSA) is 0 Å². The molecule has 2 aliphatic rings. The molecule has 0 nitrogen and oxygen atoms in total. The molecule has 29 rings (SSSR count). The van der Waals surface area contributed by atoms with Crippen molar-refractivity contribution >= 4 is 153 Å². The lowest BCUT2D eigenvalue weighted by atomic mass is 9.79. The quantitative estimate of drug-likeness (QED) is 0.113. The van der Waals surface area contributed by atoms with E-state index in [2.05, 4.69) is 564 Å². The molecule has 0 heterocycles. The molecule has 27 aromatic carbocycles. The van der Waals surface area contributed by atoms with Gasteiger partial charge in [0.1, 0.15) is 0 Å². The van der Waals surface area contributed by atoms with Gasteiger partial charge in [0, 0.05) is 5.92 Å². The number of rotatable bonds is 11. The monoisotopic (exact) mass is 1850 g/mol. The van der Waals surface area contributed by atoms with Crippen LogP contribution in [0.4, 0.5) is 0 Å². The van der Waals surface area contributed by atoms with Gasteiger partial charge in [0.2, 0.25) is 0 Å². The molecule has 0 aromatic heterocycles. The lowest BCUT2D eigenvalue weighted by molar-refractivity contribution is 0.939. The Kier molecular flexibility index (Phi) is 23.2. The van der Waals surface area contributed by atoms with E-state index in [-0.39, 0.29) is 0 Å². The fourth-order valence-electron chi connectivity index (χ4n) is 24.0. The Morgan fingerprint density at radius 2 is 0.479 bits per heavy atom. The van der Waals surface area contributed by atoms with Gasteiger partial charge in [-0.3, -0.25) is 0 Å². The van der Waals surface area contributed by atoms with Crippen molar-refractivity contribution in [3.8, 4) is 100 Å². The van der Waals surface area contributed by atoms with E-state index in [4.69, 9.17) is 0 Å². The van der Waals surface area contributed by atoms with Crippen LogP contribution in [-0.2, 0) is 0 Å². The third kappa shape index (κ3) is 16.0. The molecule has 0 radical (unpaired) electrons. The van der Waals surface area contributed by atoms with Crippen LogP contribution in [0.25, 0.3) is 253 Å². The molecule has 0 aliphatic heterocycles. The maximum Gasteiger partial charge on any atom is 0.00743 e. The fourth-order valence-corrected chi connectivity index (χ4v) is 24.0. The first-order chi connectivity index (χ1) is 72.5. The summed E-state index contributed by atoms with van der Waals surface area (Å²) in [7, 11) is 0. The summed E-state index contributed by atoms with van der Waals surface area (Å²) in [5.74, 6) is 0.371. The van der Waals surface area contributed by atoms with Crippen molar-refractivity contribution in [2.24, 2.45) is 0 Å². The van der Waals surface area contributed by atoms with Gasteiger partial charge in [-0.2, -0.15) is 0 Å². The molecule has 146 heavy (non-hydrogen) atoms. The Bertz CT molecular complexity index is 9860. The summed E-state index contributed by atoms with van der Waals surface area (Å²) >= 11 is 0. The van der Waals surface area contributed by atoms with Gasteiger partial charge in [-0.1, -0.05) is 540 Å². The summed E-state index contributed by atoms with van der Waals surface area (Å²) in [6.07, 6.45) is 10.5. The molecule has 0 saturated carbocycles. The van der Waals surface area contributed by atoms with E-state index in [0.29, 0.717) is 5.92 Å². The first-order valence-electron chi connectivity index (χ1n) is 51.2. The maximum absolute atomic E-state index is 2.49. The summed E-state index contributed by atoms with van der Waals surface area (Å²) in [5.41, 5.74) is 27.2. The molecule has 0 N–H and O–H groups in total. The van der Waals surface area contributed by atoms with Gasteiger partial charge in [0.25, 0.3) is 0 Å². The highest BCUT2D eigenvalue weighted by molar-refractivity contribution is 6.28. The molecular weight excluding hydrogens is 1750 g/mol. The summed E-state index contributed by atoms with van der Waals surface area (Å²) in [5, 5.41) is 36.6. The molecule has 0 spiro atoms. The van der Waals surface area contributed by atoms with Crippen molar-refractivity contribution in [1.82, 2.24) is 0 Å². The first-order valence-corrected chi connectivity index (χ1v) is 51.2. The molecule has 0 saturated heterocycles. The average Bonchev–Trinajstić information content (AvgIpc) is 0.736. The largest absolute Gasteiger partial charge is 0.0763 e. The first kappa shape index (κ1) is 87.8. The average molecular weight is 1850 g/mol. The molecule has 0 bridgehead atoms. The van der Waals surface area contributed by atoms with E-state index in [1.807, 2.05) is 0 Å². The highest BCUT2D eigenvalue weighted by atomic mass is 14.3. The molecule has 2 aliphatic carbocycles. The molecule has 0 amide bonds. The van der Waals surface area contributed by atoms with Crippen molar-refractivity contribution in [3.63, 3.8) is 0 Å². The third-order valence-electron chi connectivity index (χ3n) is 30.4. The zero-order valence-electron chi connectivity index (χ0n) is 80.9. The van der Waals surface area contributed by atoms with Crippen molar-refractivity contribution in [2.75, 3.05) is 0 Å². The zero-order valence-corrected chi connectivity index (χ0v) is 80.9. The van der Waals surface area contributed by atoms with E-state index in [1.165, 1.54) is 267 Å². The molecule has 1 atom stereocenters. The number of fused-ring (bicyclic) bond motifs is 14. The standard InChI is InChI=1S/C40H26.2C36H24.C34H26/c1-2-13-29-25-31(24-23-27(29)11-1)30-15-9-16-32(26-30)39-35-18-5-7-20-37(35)40(38-21-8-6-19-36(38)39)34-22-10-14-28-12-3-4-17-33(28)34;1-3-13-25(14-4-1)28-23-27-17-7-8-18-29(27)34(24-28)36-32-21-11-9-19-30(32)35(26-15-5-2-6-16-26)31-20-10-12-22-33(31)36;1-3-13-25(14-4-1)27-23-24-34(29-18-8-7-17-28(27)29)36-32-21-11-9-19-30(32)35(26-15-5-2-6-16-26)31-20-10-12-22-33(31)36;1-2-12-25-22-26(21-20-23(25)10-1)33-29-15-5-7-17-31(29)34(32-18-8-6-16-30(32)33)28-19-9-13-24-11-3-4-14-27(24)28/h1-26H;2*1-24H;1-8,10-18,20,22,26H,9,19,21H2. The van der Waals surface area contributed by atoms with Crippen molar-refractivity contribution < 1.29 is 0 Å². The molecule has 0 fully saturated rings. The second kappa shape index (κ2) is 38.5. The minimum Gasteiger partial charge on any atom is -0.0763 e. The van der Waals surface area contributed by atoms with Crippen LogP contribution in [-0.4, -0.2) is 0 Å². The molecule has 1 unspecified atom stereocenters. The Balaban J connectivity index is 0.0000000991. The van der Waals surface area contributed by atoms with Crippen molar-refractivity contribution in [3.05, 3.63) is 578 Å². The molecule has 27 aromatic rings. The summed E-state index contributed by atoms with van der Waals surface area (Å²) < 4.78 is 0. The third-order valence-corrected chi connectivity index (χ3v) is 30.4. The molecule has 684 valence electrons. The van der Waals surface area contributed by atoms with Gasteiger partial charge in [-0.15, -0.1) is 0 Å². The summed E-state index contributed by atoms with van der Waals surface area (Å²) in [6, 6.07) is 199. The highest BCUT2D eigenvalue weighted by Crippen LogP contribution is 2.52. The van der Waals surface area contributed by atoms with Gasteiger partial charge >= 0.3 is 0 Å². The van der Waals surface area contributed by atoms with Gasteiger partial charge in [-0.25, -0.2) is 0 Å². The molecular formula is C146H100. The van der Waals surface area contributed by atoms with Crippen LogP contribution >= 0.6 is 0 Å². The van der Waals surface area contributed by atoms with E-state index in [0.717, 1.165) is 19.3 Å². The van der Waals surface area contributed by atoms with Crippen LogP contribution in [0.2, 0.25) is 0 Å². The van der Waals surface area contributed by atoms with E-state index in [1.54, 1.807) is 0 Å². The van der Waals surface area contributed by atoms with Gasteiger partial charge in [0.15, 0.2) is 0 Å². The number of benzene rings is 27. The normalized spacial score (nSPS) is 12.7. The minimum atomic E-state index is 0.371. The second-order valence-electron chi connectivity index (χ2n) is 38.6. The van der Waals surface area contributed by atoms with Crippen LogP contribution in [0, 0.1) is 0 Å². The number of hydrogen-bond donors (Lipinski definition) is 0. The maximum atomic E-state index is 2.49. The van der Waals surface area contributed by atoms with Crippen LogP contribution in [0.3, 0.4) is 0 Å². The van der Waals surface area contributed by atoms with Crippen LogP contribution in [0.5, 0.6) is 0 Å². The van der Waals surface area contributed by atoms with Crippen molar-refractivity contribution in [2.45, 2.75) is 25.2 Å². The van der Waals surface area contributed by atoms with Crippen molar-refractivity contribution in [1.29, 1.82) is 0 Å². The Morgan fingerprint density at radius 1 is 0.151 bits per heavy atom. The van der Waals surface area contributed by atoms with Crippen LogP contribution in [0.1, 0.15) is 36.3 Å². The Hall–Kier alpha value is -18.5. The predicted molar refractivity (Wildman–Crippen MR) is 629 cm³/mol. The van der Waals surface area contributed by atoms with Crippen LogP contribution < -0.4 is 20.9 Å². The predicted octanol–water partition coefficient (Wildman–Crippen LogP) is 37.1. The Labute approximate surface area is 850 Å². The fraction of sp³-hybridized carbons (Fsp3) is 0.0274. The van der Waals surface area contributed by atoms with Gasteiger partial charge in [0.05, 0.1) is 0 Å². The van der Waals surface area contributed by atoms with E-state index in [9.17, 15) is 0 Å². The van der Waals surface area contributed by atoms with Gasteiger partial charge < -0.3 is 0 Å². The second-order valence-corrected chi connectivity index (χ2v) is 38.6.